The molecular formula is C17H18F2N2O3. The molecule has 0 amide bonds. The van der Waals surface area contributed by atoms with Crippen molar-refractivity contribution in [3.63, 3.8) is 0 Å². The molecule has 0 spiro atoms. The number of hydrogen-bond donors (Lipinski definition) is 1. The molecule has 3 rings (SSSR count). The van der Waals surface area contributed by atoms with E-state index in [4.69, 9.17) is 9.84 Å². The lowest BCUT2D eigenvalue weighted by Gasteiger charge is -2.31. The van der Waals surface area contributed by atoms with E-state index in [9.17, 15) is 13.6 Å². The fourth-order valence-corrected chi connectivity index (χ4v) is 2.70. The maximum Gasteiger partial charge on any atom is 0.335 e. The number of benzene rings is 1. The molecule has 2 heterocycles. The number of likely N-dealkylation sites (tertiary alicyclic amines) is 1. The maximum atomic E-state index is 13.1. The quantitative estimate of drug-likeness (QED) is 0.909. The maximum absolute atomic E-state index is 13.1. The predicted molar refractivity (Wildman–Crippen MR) is 84.8 cm³/mol. The Labute approximate surface area is 137 Å². The molecule has 0 radical (unpaired) electrons. The number of carboxylic acid groups (broad SMARTS) is 1. The van der Waals surface area contributed by atoms with Crippen molar-refractivity contribution in [3.8, 4) is 5.88 Å². The summed E-state index contributed by atoms with van der Waals surface area (Å²) in [6, 6.07) is 8.12. The van der Waals surface area contributed by atoms with Gasteiger partial charge >= 0.3 is 5.97 Å². The Morgan fingerprint density at radius 1 is 1.25 bits per heavy atom. The molecule has 1 N–H and O–H groups in total. The van der Waals surface area contributed by atoms with Crippen molar-refractivity contribution >= 4 is 16.9 Å². The molecule has 24 heavy (non-hydrogen) atoms. The van der Waals surface area contributed by atoms with Crippen LogP contribution in [0.25, 0.3) is 10.9 Å². The normalized spacial score (nSPS) is 17.8. The van der Waals surface area contributed by atoms with Gasteiger partial charge in [-0.05, 0) is 24.3 Å². The van der Waals surface area contributed by atoms with E-state index in [-0.39, 0.29) is 18.4 Å². The first-order chi connectivity index (χ1) is 11.4. The summed E-state index contributed by atoms with van der Waals surface area (Å²) in [7, 11) is 0. The zero-order valence-corrected chi connectivity index (χ0v) is 13.0. The number of ether oxygens (including phenoxy) is 1. The highest BCUT2D eigenvalue weighted by Crippen LogP contribution is 2.27. The SMILES string of the molecule is O=C(O)c1ccc2nc(OCCN3CCC(F)(F)CC3)ccc2c1. The van der Waals surface area contributed by atoms with Gasteiger partial charge in [0, 0.05) is 43.9 Å². The van der Waals surface area contributed by atoms with Crippen molar-refractivity contribution in [2.24, 2.45) is 0 Å². The Kier molecular flexibility index (Phi) is 4.62. The van der Waals surface area contributed by atoms with Crippen LogP contribution in [0.2, 0.25) is 0 Å². The summed E-state index contributed by atoms with van der Waals surface area (Å²) < 4.78 is 31.8. The van der Waals surface area contributed by atoms with Gasteiger partial charge in [0.25, 0.3) is 5.92 Å². The average Bonchev–Trinajstić information content (AvgIpc) is 2.56. The Hall–Kier alpha value is -2.28. The summed E-state index contributed by atoms with van der Waals surface area (Å²) in [6.07, 6.45) is -0.208. The first-order valence-corrected chi connectivity index (χ1v) is 7.80. The van der Waals surface area contributed by atoms with Gasteiger partial charge in [-0.25, -0.2) is 18.6 Å². The van der Waals surface area contributed by atoms with E-state index in [1.54, 1.807) is 24.3 Å². The molecule has 5 nitrogen and oxygen atoms in total. The molecule has 1 aliphatic heterocycles. The second-order valence-corrected chi connectivity index (χ2v) is 5.91. The average molecular weight is 336 g/mol. The Morgan fingerprint density at radius 2 is 2.00 bits per heavy atom. The van der Waals surface area contributed by atoms with Crippen LogP contribution in [0.15, 0.2) is 30.3 Å². The Bertz CT molecular complexity index is 742. The van der Waals surface area contributed by atoms with Gasteiger partial charge in [-0.2, -0.15) is 0 Å². The number of piperidine rings is 1. The third-order valence-corrected chi connectivity index (χ3v) is 4.16. The summed E-state index contributed by atoms with van der Waals surface area (Å²) in [5.74, 6) is -3.08. The number of pyridine rings is 1. The van der Waals surface area contributed by atoms with Crippen LogP contribution in [0, 0.1) is 0 Å². The monoisotopic (exact) mass is 336 g/mol. The van der Waals surface area contributed by atoms with Crippen LogP contribution in [-0.2, 0) is 0 Å². The molecule has 0 saturated carbocycles. The summed E-state index contributed by atoms with van der Waals surface area (Å²) in [6.45, 7) is 1.70. The van der Waals surface area contributed by atoms with Gasteiger partial charge in [0.2, 0.25) is 5.88 Å². The lowest BCUT2D eigenvalue weighted by atomic mass is 10.1. The largest absolute Gasteiger partial charge is 0.478 e. The van der Waals surface area contributed by atoms with Crippen LogP contribution in [0.4, 0.5) is 8.78 Å². The molecule has 1 aliphatic rings. The number of fused-ring (bicyclic) bond motifs is 1. The van der Waals surface area contributed by atoms with Crippen LogP contribution in [0.1, 0.15) is 23.2 Å². The van der Waals surface area contributed by atoms with E-state index < -0.39 is 11.9 Å². The van der Waals surface area contributed by atoms with Crippen molar-refractivity contribution < 1.29 is 23.4 Å². The van der Waals surface area contributed by atoms with Gasteiger partial charge in [-0.15, -0.1) is 0 Å². The molecule has 7 heteroatoms. The number of alkyl halides is 2. The number of rotatable bonds is 5. The van der Waals surface area contributed by atoms with Crippen LogP contribution in [-0.4, -0.2) is 53.1 Å². The van der Waals surface area contributed by atoms with Crippen molar-refractivity contribution in [3.05, 3.63) is 35.9 Å². The van der Waals surface area contributed by atoms with Crippen LogP contribution in [0.5, 0.6) is 5.88 Å². The molecule has 1 aromatic heterocycles. The van der Waals surface area contributed by atoms with E-state index in [1.807, 2.05) is 4.90 Å². The van der Waals surface area contributed by atoms with Gasteiger partial charge in [0.05, 0.1) is 11.1 Å². The summed E-state index contributed by atoms with van der Waals surface area (Å²) in [5.41, 5.74) is 0.856. The van der Waals surface area contributed by atoms with Crippen molar-refractivity contribution in [1.82, 2.24) is 9.88 Å². The highest BCUT2D eigenvalue weighted by Gasteiger charge is 2.33. The summed E-state index contributed by atoms with van der Waals surface area (Å²) in [5, 5.41) is 9.70. The minimum Gasteiger partial charge on any atom is -0.478 e. The van der Waals surface area contributed by atoms with Crippen molar-refractivity contribution in [2.45, 2.75) is 18.8 Å². The molecule has 128 valence electrons. The van der Waals surface area contributed by atoms with Gasteiger partial charge < -0.3 is 9.84 Å². The molecule has 0 atom stereocenters. The highest BCUT2D eigenvalue weighted by atomic mass is 19.3. The van der Waals surface area contributed by atoms with E-state index in [0.717, 1.165) is 5.39 Å². The number of nitrogens with zero attached hydrogens (tertiary/aromatic N) is 2. The highest BCUT2D eigenvalue weighted by molar-refractivity contribution is 5.93. The van der Waals surface area contributed by atoms with E-state index >= 15 is 0 Å². The number of hydrogen-bond acceptors (Lipinski definition) is 4. The van der Waals surface area contributed by atoms with Gasteiger partial charge in [-0.3, -0.25) is 4.90 Å². The number of carboxylic acids is 1. The molecule has 0 aliphatic carbocycles. The lowest BCUT2D eigenvalue weighted by Crippen LogP contribution is -2.41. The molecule has 1 saturated heterocycles. The van der Waals surface area contributed by atoms with E-state index in [0.29, 0.717) is 37.6 Å². The predicted octanol–water partition coefficient (Wildman–Crippen LogP) is 3.04. The first kappa shape index (κ1) is 16.6. The molecule has 1 fully saturated rings. The smallest absolute Gasteiger partial charge is 0.335 e. The van der Waals surface area contributed by atoms with E-state index in [2.05, 4.69) is 4.98 Å². The van der Waals surface area contributed by atoms with Crippen LogP contribution >= 0.6 is 0 Å². The number of carbonyl (C=O) groups is 1. The zero-order valence-electron chi connectivity index (χ0n) is 13.0. The molecule has 0 bridgehead atoms. The van der Waals surface area contributed by atoms with Crippen molar-refractivity contribution in [2.75, 3.05) is 26.2 Å². The second kappa shape index (κ2) is 6.68. The summed E-state index contributed by atoms with van der Waals surface area (Å²) in [4.78, 5) is 17.2. The molecule has 2 aromatic rings. The number of halogens is 2. The zero-order chi connectivity index (χ0) is 17.2. The van der Waals surface area contributed by atoms with Crippen molar-refractivity contribution in [1.29, 1.82) is 0 Å². The molecule has 1 aromatic carbocycles. The Balaban J connectivity index is 1.56. The Morgan fingerprint density at radius 3 is 2.71 bits per heavy atom. The van der Waals surface area contributed by atoms with Gasteiger partial charge in [0.1, 0.15) is 6.61 Å². The minimum absolute atomic E-state index is 0.104. The van der Waals surface area contributed by atoms with E-state index in [1.165, 1.54) is 6.07 Å². The van der Waals surface area contributed by atoms with Gasteiger partial charge in [0.15, 0.2) is 0 Å². The lowest BCUT2D eigenvalue weighted by molar-refractivity contribution is -0.0565. The molecular weight excluding hydrogens is 318 g/mol. The third-order valence-electron chi connectivity index (χ3n) is 4.16. The second-order valence-electron chi connectivity index (χ2n) is 5.91. The fourth-order valence-electron chi connectivity index (χ4n) is 2.70. The minimum atomic E-state index is -2.54. The molecule has 0 unspecified atom stereocenters. The fraction of sp³-hybridized carbons (Fsp3) is 0.412. The standard InChI is InChI=1S/C17H18F2N2O3/c18-17(19)5-7-21(8-6-17)9-10-24-15-4-2-12-11-13(16(22)23)1-3-14(12)20-15/h1-4,11H,5-10H2,(H,22,23). The first-order valence-electron chi connectivity index (χ1n) is 7.80. The third kappa shape index (κ3) is 3.97. The van der Waals surface area contributed by atoms with Gasteiger partial charge in [-0.1, -0.05) is 0 Å². The number of aromatic nitrogens is 1. The summed E-state index contributed by atoms with van der Waals surface area (Å²) >= 11 is 0. The van der Waals surface area contributed by atoms with Crippen LogP contribution < -0.4 is 4.74 Å². The number of aromatic carboxylic acids is 1. The van der Waals surface area contributed by atoms with Crippen LogP contribution in [0.3, 0.4) is 0 Å². The topological polar surface area (TPSA) is 62.7 Å².